The number of ether oxygens (including phenoxy) is 1. The normalized spacial score (nSPS) is 11.4. The van der Waals surface area contributed by atoms with Crippen molar-refractivity contribution in [3.05, 3.63) is 45.1 Å². The number of carbonyl (C=O) groups is 2. The maximum absolute atomic E-state index is 12.7. The molecule has 1 aromatic carbocycles. The lowest BCUT2D eigenvalue weighted by Crippen LogP contribution is -2.23. The molecule has 1 heterocycles. The first-order chi connectivity index (χ1) is 12.6. The number of pyridine rings is 1. The van der Waals surface area contributed by atoms with E-state index in [0.29, 0.717) is 22.2 Å². The van der Waals surface area contributed by atoms with E-state index in [9.17, 15) is 19.7 Å². The number of esters is 1. The molecule has 0 aliphatic heterocycles. The molecule has 1 N–H and O–H groups in total. The molecule has 144 valence electrons. The highest BCUT2D eigenvalue weighted by Crippen LogP contribution is 2.34. The van der Waals surface area contributed by atoms with Crippen LogP contribution in [0.15, 0.2) is 18.2 Å². The van der Waals surface area contributed by atoms with Crippen LogP contribution in [0.3, 0.4) is 0 Å². The Morgan fingerprint density at radius 3 is 2.48 bits per heavy atom. The first-order valence-electron chi connectivity index (χ1n) is 8.56. The van der Waals surface area contributed by atoms with Crippen molar-refractivity contribution in [3.63, 3.8) is 0 Å². The van der Waals surface area contributed by atoms with E-state index in [2.05, 4.69) is 4.98 Å². The minimum Gasteiger partial charge on any atom is -0.481 e. The van der Waals surface area contributed by atoms with Crippen molar-refractivity contribution in [2.24, 2.45) is 0 Å². The topological polar surface area (TPSA) is 120 Å². The van der Waals surface area contributed by atoms with Gasteiger partial charge in [0, 0.05) is 29.4 Å². The van der Waals surface area contributed by atoms with Gasteiger partial charge < -0.3 is 9.84 Å². The number of aryl methyl sites for hydroxylation is 1. The molecule has 2 aromatic rings. The number of fused-ring (bicyclic) bond motifs is 1. The predicted octanol–water partition coefficient (Wildman–Crippen LogP) is 3.63. The lowest BCUT2D eigenvalue weighted by atomic mass is 9.84. The van der Waals surface area contributed by atoms with E-state index in [1.165, 1.54) is 18.2 Å². The van der Waals surface area contributed by atoms with Crippen LogP contribution in [0, 0.1) is 10.1 Å². The van der Waals surface area contributed by atoms with Gasteiger partial charge in [0.15, 0.2) is 0 Å². The quantitative estimate of drug-likeness (QED) is 0.465. The number of rotatable bonds is 6. The van der Waals surface area contributed by atoms with E-state index in [4.69, 9.17) is 9.84 Å². The van der Waals surface area contributed by atoms with Crippen LogP contribution in [-0.2, 0) is 21.4 Å². The predicted molar refractivity (Wildman–Crippen MR) is 99.0 cm³/mol. The Hall–Kier alpha value is -3.03. The molecule has 8 heteroatoms. The van der Waals surface area contributed by atoms with Gasteiger partial charge in [0.25, 0.3) is 5.69 Å². The molecule has 0 aliphatic rings. The molecule has 8 nitrogen and oxygen atoms in total. The monoisotopic (exact) mass is 374 g/mol. The van der Waals surface area contributed by atoms with Gasteiger partial charge in [-0.15, -0.1) is 0 Å². The number of carboxylic acids is 1. The highest BCUT2D eigenvalue weighted by atomic mass is 16.6. The molecule has 0 aliphatic carbocycles. The number of hydrogen-bond acceptors (Lipinski definition) is 6. The summed E-state index contributed by atoms with van der Waals surface area (Å²) in [4.78, 5) is 39.0. The molecule has 0 bridgehead atoms. The summed E-state index contributed by atoms with van der Waals surface area (Å²) in [5, 5.41) is 20.7. The summed E-state index contributed by atoms with van der Waals surface area (Å²) in [5.74, 6) is -1.64. The first kappa shape index (κ1) is 20.3. The first-order valence-corrected chi connectivity index (χ1v) is 8.56. The Kier molecular flexibility index (Phi) is 5.78. The minimum atomic E-state index is -1.03. The van der Waals surface area contributed by atoms with E-state index in [1.54, 1.807) is 6.92 Å². The number of hydrogen-bond donors (Lipinski definition) is 1. The summed E-state index contributed by atoms with van der Waals surface area (Å²) in [5.41, 5.74) is 0.879. The maximum atomic E-state index is 12.7. The maximum Gasteiger partial charge on any atom is 0.340 e. The fourth-order valence-electron chi connectivity index (χ4n) is 2.89. The molecule has 27 heavy (non-hydrogen) atoms. The Morgan fingerprint density at radius 2 is 1.96 bits per heavy atom. The van der Waals surface area contributed by atoms with Crippen LogP contribution in [-0.4, -0.2) is 33.6 Å². The lowest BCUT2D eigenvalue weighted by Gasteiger charge is -2.24. The zero-order chi connectivity index (χ0) is 20.4. The molecule has 0 atom stereocenters. The smallest absolute Gasteiger partial charge is 0.340 e. The highest BCUT2D eigenvalue weighted by molar-refractivity contribution is 5.99. The molecule has 0 radical (unpaired) electrons. The molecule has 0 unspecified atom stereocenters. The van der Waals surface area contributed by atoms with Gasteiger partial charge in [-0.2, -0.15) is 0 Å². The average molecular weight is 374 g/mol. The largest absolute Gasteiger partial charge is 0.481 e. The third-order valence-corrected chi connectivity index (χ3v) is 4.07. The Bertz CT molecular complexity index is 915. The van der Waals surface area contributed by atoms with Crippen LogP contribution in [0.25, 0.3) is 10.9 Å². The highest BCUT2D eigenvalue weighted by Gasteiger charge is 2.29. The number of carboxylic acid groups (broad SMARTS) is 1. The molecular formula is C19H22N2O6. The van der Waals surface area contributed by atoms with Crippen molar-refractivity contribution in [1.29, 1.82) is 0 Å². The summed E-state index contributed by atoms with van der Waals surface area (Å²) < 4.78 is 5.18. The van der Waals surface area contributed by atoms with Gasteiger partial charge in [-0.3, -0.25) is 19.9 Å². The number of aliphatic carboxylic acids is 1. The fraction of sp³-hybridized carbons (Fsp3) is 0.421. The number of aromatic nitrogens is 1. The van der Waals surface area contributed by atoms with Crippen molar-refractivity contribution in [3.8, 4) is 0 Å². The van der Waals surface area contributed by atoms with Gasteiger partial charge in [-0.1, -0.05) is 20.8 Å². The van der Waals surface area contributed by atoms with Crippen molar-refractivity contribution >= 4 is 28.5 Å². The van der Waals surface area contributed by atoms with Gasteiger partial charge in [0.1, 0.15) is 0 Å². The molecule has 0 saturated heterocycles. The second-order valence-corrected chi connectivity index (χ2v) is 7.14. The third kappa shape index (κ3) is 4.39. The molecule has 0 fully saturated rings. The van der Waals surface area contributed by atoms with Crippen LogP contribution < -0.4 is 0 Å². The number of carbonyl (C=O) groups excluding carboxylic acids is 1. The van der Waals surface area contributed by atoms with Gasteiger partial charge >= 0.3 is 11.9 Å². The molecular weight excluding hydrogens is 352 g/mol. The molecule has 2 rings (SSSR count). The van der Waals surface area contributed by atoms with Gasteiger partial charge in [-0.25, -0.2) is 4.79 Å². The average Bonchev–Trinajstić information content (AvgIpc) is 2.57. The summed E-state index contributed by atoms with van der Waals surface area (Å²) in [7, 11) is 0. The van der Waals surface area contributed by atoms with Crippen LogP contribution in [0.4, 0.5) is 5.69 Å². The molecule has 1 aromatic heterocycles. The zero-order valence-electron chi connectivity index (χ0n) is 15.7. The second-order valence-electron chi connectivity index (χ2n) is 7.14. The Labute approximate surface area is 156 Å². The number of benzene rings is 1. The van der Waals surface area contributed by atoms with Gasteiger partial charge in [0.05, 0.1) is 28.3 Å². The Balaban J connectivity index is 2.90. The number of non-ortho nitro benzene ring substituents is 1. The summed E-state index contributed by atoms with van der Waals surface area (Å²) in [6.07, 6.45) is -0.190. The van der Waals surface area contributed by atoms with Gasteiger partial charge in [0.2, 0.25) is 0 Å². The van der Waals surface area contributed by atoms with Crippen molar-refractivity contribution in [2.75, 3.05) is 6.61 Å². The Morgan fingerprint density at radius 1 is 1.30 bits per heavy atom. The SMILES string of the molecule is CCOC(=O)c1c(C(C)(C)C)nc2ccc([N+](=O)[O-])cc2c1CCC(=O)O. The summed E-state index contributed by atoms with van der Waals surface area (Å²) in [6.45, 7) is 7.47. The van der Waals surface area contributed by atoms with E-state index in [1.807, 2.05) is 20.8 Å². The lowest BCUT2D eigenvalue weighted by molar-refractivity contribution is -0.384. The molecule has 0 amide bonds. The van der Waals surface area contributed by atoms with E-state index in [-0.39, 0.29) is 30.7 Å². The number of nitrogens with zero attached hydrogens (tertiary/aromatic N) is 2. The minimum absolute atomic E-state index is 0.0345. The zero-order valence-corrected chi connectivity index (χ0v) is 15.7. The fourth-order valence-corrected chi connectivity index (χ4v) is 2.89. The number of nitro benzene ring substituents is 1. The van der Waals surface area contributed by atoms with Crippen molar-refractivity contribution in [2.45, 2.75) is 46.0 Å². The molecule has 0 saturated carbocycles. The number of nitro groups is 1. The van der Waals surface area contributed by atoms with E-state index in [0.717, 1.165) is 0 Å². The molecule has 0 spiro atoms. The van der Waals surface area contributed by atoms with E-state index < -0.39 is 22.3 Å². The summed E-state index contributed by atoms with van der Waals surface area (Å²) >= 11 is 0. The third-order valence-electron chi connectivity index (χ3n) is 4.07. The van der Waals surface area contributed by atoms with Crippen molar-refractivity contribution < 1.29 is 24.4 Å². The standard InChI is InChI=1S/C19H22N2O6/c1-5-27-18(24)16-12(7-9-15(22)23)13-10-11(21(25)26)6-8-14(13)20-17(16)19(2,3)4/h6,8,10H,5,7,9H2,1-4H3,(H,22,23). The van der Waals surface area contributed by atoms with Crippen LogP contribution in [0.5, 0.6) is 0 Å². The van der Waals surface area contributed by atoms with Gasteiger partial charge in [-0.05, 0) is 25.0 Å². The van der Waals surface area contributed by atoms with Crippen LogP contribution >= 0.6 is 0 Å². The van der Waals surface area contributed by atoms with E-state index >= 15 is 0 Å². The summed E-state index contributed by atoms with van der Waals surface area (Å²) in [6, 6.07) is 4.18. The van der Waals surface area contributed by atoms with Crippen molar-refractivity contribution in [1.82, 2.24) is 4.98 Å². The van der Waals surface area contributed by atoms with Crippen LogP contribution in [0.1, 0.15) is 55.7 Å². The second kappa shape index (κ2) is 7.69. The van der Waals surface area contributed by atoms with Crippen LogP contribution in [0.2, 0.25) is 0 Å².